The summed E-state index contributed by atoms with van der Waals surface area (Å²) < 4.78 is 18.8. The van der Waals surface area contributed by atoms with Crippen LogP contribution >= 0.6 is 22.6 Å². The van der Waals surface area contributed by atoms with Crippen molar-refractivity contribution in [2.24, 2.45) is 0 Å². The van der Waals surface area contributed by atoms with Crippen LogP contribution < -0.4 is 5.46 Å². The Balaban J connectivity index is 2.40. The molecule has 0 saturated carbocycles. The molecule has 1 aliphatic heterocycles. The summed E-state index contributed by atoms with van der Waals surface area (Å²) in [6, 6.07) is 3.67. The van der Waals surface area contributed by atoms with Gasteiger partial charge in [-0.25, -0.2) is 4.79 Å². The van der Waals surface area contributed by atoms with Crippen molar-refractivity contribution in [2.45, 2.75) is 72.2 Å². The molecule has 0 spiro atoms. The number of hydrogen-bond acceptors (Lipinski definition) is 4. The smallest absolute Gasteiger partial charge is 0.456 e. The van der Waals surface area contributed by atoms with E-state index in [1.54, 1.807) is 0 Å². The molecule has 0 radical (unpaired) electrons. The van der Waals surface area contributed by atoms with Crippen LogP contribution in [0.2, 0.25) is 0 Å². The molecule has 4 nitrogen and oxygen atoms in total. The summed E-state index contributed by atoms with van der Waals surface area (Å²) in [6.07, 6.45) is 0. The first-order chi connectivity index (χ1) is 10.7. The number of rotatable bonds is 2. The van der Waals surface area contributed by atoms with Crippen molar-refractivity contribution in [2.75, 3.05) is 0 Å². The topological polar surface area (TPSA) is 44.8 Å². The van der Waals surface area contributed by atoms with Crippen molar-refractivity contribution >= 4 is 41.1 Å². The van der Waals surface area contributed by atoms with Crippen LogP contribution in [0.1, 0.15) is 64.4 Å². The molecule has 1 aromatic rings. The number of esters is 1. The Labute approximate surface area is 158 Å². The third-order valence-electron chi connectivity index (χ3n) is 4.53. The van der Waals surface area contributed by atoms with Crippen LogP contribution in [0.5, 0.6) is 0 Å². The number of ether oxygens (including phenoxy) is 1. The van der Waals surface area contributed by atoms with Gasteiger partial charge in [-0.15, -0.1) is 0 Å². The monoisotopic (exact) mass is 444 g/mol. The van der Waals surface area contributed by atoms with Gasteiger partial charge >= 0.3 is 13.1 Å². The van der Waals surface area contributed by atoms with Crippen molar-refractivity contribution < 1.29 is 18.8 Å². The zero-order chi connectivity index (χ0) is 18.5. The third kappa shape index (κ3) is 3.97. The van der Waals surface area contributed by atoms with Gasteiger partial charge in [-0.05, 0) is 101 Å². The minimum Gasteiger partial charge on any atom is -0.456 e. The zero-order valence-electron chi connectivity index (χ0n) is 15.7. The predicted octanol–water partition coefficient (Wildman–Crippen LogP) is 3.85. The summed E-state index contributed by atoms with van der Waals surface area (Å²) in [5.41, 5.74) is 1.08. The second-order valence-corrected chi connectivity index (χ2v) is 9.42. The number of benzene rings is 1. The van der Waals surface area contributed by atoms with Gasteiger partial charge in [0, 0.05) is 3.57 Å². The predicted molar refractivity (Wildman–Crippen MR) is 105 cm³/mol. The summed E-state index contributed by atoms with van der Waals surface area (Å²) in [4.78, 5) is 12.4. The van der Waals surface area contributed by atoms with Gasteiger partial charge in [0.2, 0.25) is 0 Å². The standard InChI is InChI=1S/C18H26BIO4/c1-11-13(19-23-17(5,6)18(7,8)24-19)9-12(10-14(11)20)15(21)22-16(2,3)4/h9-10H,1-8H3. The Hall–Kier alpha value is -0.595. The molecule has 0 aliphatic carbocycles. The van der Waals surface area contributed by atoms with Crippen LogP contribution in [-0.2, 0) is 14.0 Å². The van der Waals surface area contributed by atoms with Crippen LogP contribution in [0.3, 0.4) is 0 Å². The molecule has 0 atom stereocenters. The van der Waals surface area contributed by atoms with Crippen LogP contribution in [0.4, 0.5) is 0 Å². The number of halogens is 1. The van der Waals surface area contributed by atoms with Gasteiger partial charge in [-0.2, -0.15) is 0 Å². The van der Waals surface area contributed by atoms with Gasteiger partial charge < -0.3 is 14.0 Å². The number of carbonyl (C=O) groups is 1. The molecular formula is C18H26BIO4. The molecule has 2 rings (SSSR count). The van der Waals surface area contributed by atoms with Crippen molar-refractivity contribution in [3.63, 3.8) is 0 Å². The largest absolute Gasteiger partial charge is 0.495 e. The van der Waals surface area contributed by atoms with E-state index in [1.165, 1.54) is 0 Å². The molecule has 132 valence electrons. The fraction of sp³-hybridized carbons (Fsp3) is 0.611. The molecule has 1 heterocycles. The van der Waals surface area contributed by atoms with Gasteiger partial charge in [0.1, 0.15) is 5.60 Å². The highest BCUT2D eigenvalue weighted by Gasteiger charge is 2.52. The van der Waals surface area contributed by atoms with Gasteiger partial charge in [0.25, 0.3) is 0 Å². The van der Waals surface area contributed by atoms with Crippen molar-refractivity contribution in [1.29, 1.82) is 0 Å². The van der Waals surface area contributed by atoms with Gasteiger partial charge in [-0.1, -0.05) is 0 Å². The maximum absolute atomic E-state index is 12.4. The van der Waals surface area contributed by atoms with Crippen molar-refractivity contribution in [1.82, 2.24) is 0 Å². The van der Waals surface area contributed by atoms with E-state index in [2.05, 4.69) is 22.6 Å². The minimum atomic E-state index is -0.530. The van der Waals surface area contributed by atoms with Crippen LogP contribution in [-0.4, -0.2) is 29.9 Å². The van der Waals surface area contributed by atoms with Crippen LogP contribution in [0.15, 0.2) is 12.1 Å². The highest BCUT2D eigenvalue weighted by Crippen LogP contribution is 2.37. The van der Waals surface area contributed by atoms with E-state index in [1.807, 2.05) is 67.5 Å². The maximum atomic E-state index is 12.4. The molecule has 24 heavy (non-hydrogen) atoms. The number of carbonyl (C=O) groups excluding carboxylic acids is 1. The lowest BCUT2D eigenvalue weighted by Crippen LogP contribution is -2.41. The van der Waals surface area contributed by atoms with Crippen LogP contribution in [0, 0.1) is 10.5 Å². The molecule has 0 amide bonds. The summed E-state index contributed by atoms with van der Waals surface area (Å²) in [5, 5.41) is 0. The fourth-order valence-electron chi connectivity index (χ4n) is 2.37. The lowest BCUT2D eigenvalue weighted by Gasteiger charge is -2.32. The normalized spacial score (nSPS) is 19.5. The van der Waals surface area contributed by atoms with E-state index in [4.69, 9.17) is 14.0 Å². The molecule has 1 fully saturated rings. The van der Waals surface area contributed by atoms with E-state index in [9.17, 15) is 4.79 Å². The molecule has 1 saturated heterocycles. The summed E-state index contributed by atoms with van der Waals surface area (Å²) in [6.45, 7) is 15.7. The quantitative estimate of drug-likeness (QED) is 0.395. The molecule has 1 aromatic carbocycles. The molecule has 1 aliphatic rings. The summed E-state index contributed by atoms with van der Waals surface area (Å²) in [5.74, 6) is -0.335. The Kier molecular flexibility index (Phi) is 5.17. The van der Waals surface area contributed by atoms with Crippen molar-refractivity contribution in [3.05, 3.63) is 26.8 Å². The second kappa shape index (κ2) is 6.29. The second-order valence-electron chi connectivity index (χ2n) is 8.26. The van der Waals surface area contributed by atoms with E-state index in [-0.39, 0.29) is 5.97 Å². The average Bonchev–Trinajstić information content (AvgIpc) is 2.59. The van der Waals surface area contributed by atoms with E-state index in [0.29, 0.717) is 5.56 Å². The molecule has 0 N–H and O–H groups in total. The molecule has 0 aromatic heterocycles. The Bertz CT molecular complexity index is 646. The van der Waals surface area contributed by atoms with Gasteiger partial charge in [-0.3, -0.25) is 0 Å². The zero-order valence-corrected chi connectivity index (χ0v) is 17.9. The lowest BCUT2D eigenvalue weighted by atomic mass is 9.75. The van der Waals surface area contributed by atoms with Gasteiger partial charge in [0.05, 0.1) is 16.8 Å². The molecule has 6 heteroatoms. The third-order valence-corrected chi connectivity index (χ3v) is 5.65. The van der Waals surface area contributed by atoms with E-state index >= 15 is 0 Å². The maximum Gasteiger partial charge on any atom is 0.495 e. The van der Waals surface area contributed by atoms with E-state index in [0.717, 1.165) is 14.6 Å². The highest BCUT2D eigenvalue weighted by molar-refractivity contribution is 14.1. The van der Waals surface area contributed by atoms with Crippen molar-refractivity contribution in [3.8, 4) is 0 Å². The fourth-order valence-corrected chi connectivity index (χ4v) is 3.02. The Morgan fingerprint density at radius 3 is 2.08 bits per heavy atom. The Morgan fingerprint density at radius 1 is 1.12 bits per heavy atom. The molecule has 0 bridgehead atoms. The summed E-state index contributed by atoms with van der Waals surface area (Å²) in [7, 11) is -0.495. The van der Waals surface area contributed by atoms with Gasteiger partial charge in [0.15, 0.2) is 0 Å². The van der Waals surface area contributed by atoms with E-state index < -0.39 is 23.9 Å². The SMILES string of the molecule is Cc1c(I)cc(C(=O)OC(C)(C)C)cc1B1OC(C)(C)C(C)(C)O1. The highest BCUT2D eigenvalue weighted by atomic mass is 127. The van der Waals surface area contributed by atoms with Crippen LogP contribution in [0.25, 0.3) is 0 Å². The lowest BCUT2D eigenvalue weighted by molar-refractivity contribution is 0.00578. The first-order valence-corrected chi connectivity index (χ1v) is 9.20. The first kappa shape index (κ1) is 19.7. The summed E-state index contributed by atoms with van der Waals surface area (Å²) >= 11 is 2.23. The first-order valence-electron chi connectivity index (χ1n) is 8.12. The Morgan fingerprint density at radius 2 is 1.62 bits per heavy atom. The minimum absolute atomic E-state index is 0.335. The average molecular weight is 444 g/mol. The molecule has 0 unspecified atom stereocenters. The number of hydrogen-bond donors (Lipinski definition) is 0. The molecular weight excluding hydrogens is 418 g/mol.